The lowest BCUT2D eigenvalue weighted by atomic mass is 10.2. The second-order valence-corrected chi connectivity index (χ2v) is 5.02. The Kier molecular flexibility index (Phi) is 5.96. The van der Waals surface area contributed by atoms with Crippen LogP contribution in [0.5, 0.6) is 5.75 Å². The van der Waals surface area contributed by atoms with E-state index in [0.29, 0.717) is 12.6 Å². The van der Waals surface area contributed by atoms with Gasteiger partial charge in [0.25, 0.3) is 0 Å². The summed E-state index contributed by atoms with van der Waals surface area (Å²) in [6.45, 7) is 9.86. The average molecular weight is 266 g/mol. The third kappa shape index (κ3) is 4.63. The standard InChI is InChI=1S/C15H26N2O2/c1-6-17(12(4)10-18-5)14-7-13(16)8-15(9-14)19-11(2)3/h7-9,11-12H,6,10,16H2,1-5H3. The lowest BCUT2D eigenvalue weighted by Gasteiger charge is -2.30. The van der Waals surface area contributed by atoms with Crippen LogP contribution in [0.4, 0.5) is 11.4 Å². The first kappa shape index (κ1) is 15.6. The van der Waals surface area contributed by atoms with Crippen molar-refractivity contribution >= 4 is 11.4 Å². The summed E-state index contributed by atoms with van der Waals surface area (Å²) in [7, 11) is 1.72. The summed E-state index contributed by atoms with van der Waals surface area (Å²) in [6, 6.07) is 6.16. The Hall–Kier alpha value is -1.42. The molecule has 0 aliphatic heterocycles. The van der Waals surface area contributed by atoms with Gasteiger partial charge in [0, 0.05) is 43.2 Å². The molecule has 0 radical (unpaired) electrons. The zero-order chi connectivity index (χ0) is 14.4. The minimum Gasteiger partial charge on any atom is -0.491 e. The maximum Gasteiger partial charge on any atom is 0.123 e. The van der Waals surface area contributed by atoms with Gasteiger partial charge in [-0.25, -0.2) is 0 Å². The van der Waals surface area contributed by atoms with Gasteiger partial charge in [-0.1, -0.05) is 0 Å². The van der Waals surface area contributed by atoms with Gasteiger partial charge in [-0.05, 0) is 33.8 Å². The molecule has 0 saturated heterocycles. The van der Waals surface area contributed by atoms with Gasteiger partial charge in [0.2, 0.25) is 0 Å². The molecule has 0 aromatic heterocycles. The van der Waals surface area contributed by atoms with E-state index in [4.69, 9.17) is 15.2 Å². The van der Waals surface area contributed by atoms with E-state index in [1.165, 1.54) is 0 Å². The van der Waals surface area contributed by atoms with Gasteiger partial charge in [0.1, 0.15) is 5.75 Å². The van der Waals surface area contributed by atoms with E-state index in [9.17, 15) is 0 Å². The fourth-order valence-corrected chi connectivity index (χ4v) is 2.19. The molecule has 4 nitrogen and oxygen atoms in total. The molecule has 1 rings (SSSR count). The van der Waals surface area contributed by atoms with Gasteiger partial charge in [-0.15, -0.1) is 0 Å². The minimum absolute atomic E-state index is 0.140. The van der Waals surface area contributed by atoms with E-state index in [1.807, 2.05) is 32.0 Å². The van der Waals surface area contributed by atoms with Crippen LogP contribution < -0.4 is 15.4 Å². The number of likely N-dealkylation sites (N-methyl/N-ethyl adjacent to an activating group) is 1. The number of ether oxygens (including phenoxy) is 2. The van der Waals surface area contributed by atoms with Crippen LogP contribution in [0.15, 0.2) is 18.2 Å². The Labute approximate surface area is 116 Å². The van der Waals surface area contributed by atoms with Crippen molar-refractivity contribution in [3.8, 4) is 5.75 Å². The summed E-state index contributed by atoms with van der Waals surface area (Å²) < 4.78 is 11.0. The lowest BCUT2D eigenvalue weighted by Crippen LogP contribution is -2.36. The van der Waals surface area contributed by atoms with Gasteiger partial charge in [0.05, 0.1) is 12.7 Å². The SMILES string of the molecule is CCN(c1cc(N)cc(OC(C)C)c1)C(C)COC. The summed E-state index contributed by atoms with van der Waals surface area (Å²) in [6.07, 6.45) is 0.140. The van der Waals surface area contributed by atoms with E-state index in [2.05, 4.69) is 18.7 Å². The second-order valence-electron chi connectivity index (χ2n) is 5.02. The molecule has 19 heavy (non-hydrogen) atoms. The van der Waals surface area contributed by atoms with Crippen LogP contribution in [0.3, 0.4) is 0 Å². The Balaban J connectivity index is 2.99. The highest BCUT2D eigenvalue weighted by Crippen LogP contribution is 2.27. The van der Waals surface area contributed by atoms with Crippen LogP contribution in [0.1, 0.15) is 27.7 Å². The molecule has 4 heteroatoms. The van der Waals surface area contributed by atoms with Crippen LogP contribution in [-0.4, -0.2) is 32.4 Å². The zero-order valence-corrected chi connectivity index (χ0v) is 12.6. The molecule has 0 spiro atoms. The summed E-state index contributed by atoms with van der Waals surface area (Å²) in [5.74, 6) is 0.813. The maximum absolute atomic E-state index is 5.96. The van der Waals surface area contributed by atoms with E-state index < -0.39 is 0 Å². The van der Waals surface area contributed by atoms with Crippen LogP contribution in [0, 0.1) is 0 Å². The molecule has 0 aliphatic carbocycles. The highest BCUT2D eigenvalue weighted by Gasteiger charge is 2.14. The predicted molar refractivity (Wildman–Crippen MR) is 81.0 cm³/mol. The molecular formula is C15H26N2O2. The number of benzene rings is 1. The molecule has 0 aliphatic rings. The molecular weight excluding hydrogens is 240 g/mol. The number of rotatable bonds is 7. The van der Waals surface area contributed by atoms with E-state index in [1.54, 1.807) is 7.11 Å². The summed E-state index contributed by atoms with van der Waals surface area (Å²) in [4.78, 5) is 2.26. The number of anilines is 2. The molecule has 1 aromatic carbocycles. The molecule has 1 unspecified atom stereocenters. The van der Waals surface area contributed by atoms with Crippen molar-refractivity contribution < 1.29 is 9.47 Å². The first-order valence-electron chi connectivity index (χ1n) is 6.80. The maximum atomic E-state index is 5.96. The quantitative estimate of drug-likeness (QED) is 0.771. The normalized spacial score (nSPS) is 12.5. The Morgan fingerprint density at radius 3 is 2.42 bits per heavy atom. The number of nitrogens with two attached hydrogens (primary N) is 1. The molecule has 0 fully saturated rings. The van der Waals surface area contributed by atoms with Gasteiger partial charge >= 0.3 is 0 Å². The van der Waals surface area contributed by atoms with E-state index in [0.717, 1.165) is 23.7 Å². The molecule has 0 bridgehead atoms. The molecule has 0 saturated carbocycles. The van der Waals surface area contributed by atoms with E-state index in [-0.39, 0.29) is 6.10 Å². The van der Waals surface area contributed by atoms with E-state index >= 15 is 0 Å². The van der Waals surface area contributed by atoms with Crippen LogP contribution in [0.2, 0.25) is 0 Å². The summed E-state index contributed by atoms with van der Waals surface area (Å²) >= 11 is 0. The monoisotopic (exact) mass is 266 g/mol. The lowest BCUT2D eigenvalue weighted by molar-refractivity contribution is 0.182. The molecule has 1 aromatic rings. The first-order valence-corrected chi connectivity index (χ1v) is 6.80. The van der Waals surface area contributed by atoms with Crippen molar-refractivity contribution in [1.82, 2.24) is 0 Å². The molecule has 0 heterocycles. The first-order chi connectivity index (χ1) is 8.97. The van der Waals surface area contributed by atoms with Gasteiger partial charge in [-0.3, -0.25) is 0 Å². The minimum atomic E-state index is 0.140. The van der Waals surface area contributed by atoms with Crippen molar-refractivity contribution in [2.45, 2.75) is 39.8 Å². The van der Waals surface area contributed by atoms with Crippen molar-refractivity contribution in [3.63, 3.8) is 0 Å². The average Bonchev–Trinajstić information content (AvgIpc) is 2.28. The van der Waals surface area contributed by atoms with Crippen LogP contribution in [-0.2, 0) is 4.74 Å². The molecule has 0 amide bonds. The third-order valence-electron chi connectivity index (χ3n) is 2.90. The highest BCUT2D eigenvalue weighted by molar-refractivity contribution is 5.61. The smallest absolute Gasteiger partial charge is 0.123 e. The van der Waals surface area contributed by atoms with Crippen molar-refractivity contribution in [2.24, 2.45) is 0 Å². The van der Waals surface area contributed by atoms with Crippen molar-refractivity contribution in [3.05, 3.63) is 18.2 Å². The second kappa shape index (κ2) is 7.24. The number of nitrogen functional groups attached to an aromatic ring is 1. The Bertz CT molecular complexity index is 394. The summed E-state index contributed by atoms with van der Waals surface area (Å²) in [5, 5.41) is 0. The van der Waals surface area contributed by atoms with Gasteiger partial charge < -0.3 is 20.1 Å². The topological polar surface area (TPSA) is 47.7 Å². The summed E-state index contributed by atoms with van der Waals surface area (Å²) in [5.41, 5.74) is 7.75. The van der Waals surface area contributed by atoms with Crippen LogP contribution >= 0.6 is 0 Å². The number of hydrogen-bond acceptors (Lipinski definition) is 4. The molecule has 108 valence electrons. The predicted octanol–water partition coefficient (Wildman–Crippen LogP) is 2.92. The fraction of sp³-hybridized carbons (Fsp3) is 0.600. The number of nitrogens with zero attached hydrogens (tertiary/aromatic N) is 1. The fourth-order valence-electron chi connectivity index (χ4n) is 2.19. The van der Waals surface area contributed by atoms with Gasteiger partial charge in [0.15, 0.2) is 0 Å². The Morgan fingerprint density at radius 1 is 1.21 bits per heavy atom. The van der Waals surface area contributed by atoms with Crippen molar-refractivity contribution in [2.75, 3.05) is 30.9 Å². The largest absolute Gasteiger partial charge is 0.491 e. The van der Waals surface area contributed by atoms with Crippen molar-refractivity contribution in [1.29, 1.82) is 0 Å². The highest BCUT2D eigenvalue weighted by atomic mass is 16.5. The third-order valence-corrected chi connectivity index (χ3v) is 2.90. The number of hydrogen-bond donors (Lipinski definition) is 1. The number of methoxy groups -OCH3 is 1. The zero-order valence-electron chi connectivity index (χ0n) is 12.6. The Morgan fingerprint density at radius 2 is 1.89 bits per heavy atom. The molecule has 1 atom stereocenters. The van der Waals surface area contributed by atoms with Crippen LogP contribution in [0.25, 0.3) is 0 Å². The molecule has 2 N–H and O–H groups in total. The van der Waals surface area contributed by atoms with Gasteiger partial charge in [-0.2, -0.15) is 0 Å².